The maximum absolute atomic E-state index is 13.5. The fourth-order valence-electron chi connectivity index (χ4n) is 4.56. The van der Waals surface area contributed by atoms with Crippen LogP contribution in [0.1, 0.15) is 24.8 Å². The van der Waals surface area contributed by atoms with Gasteiger partial charge < -0.3 is 4.90 Å². The summed E-state index contributed by atoms with van der Waals surface area (Å²) in [6.45, 7) is 1.08. The van der Waals surface area contributed by atoms with Crippen LogP contribution >= 0.6 is 23.1 Å². The first-order valence-corrected chi connectivity index (χ1v) is 14.5. The molecule has 3 aliphatic heterocycles. The number of benzene rings is 1. The minimum atomic E-state index is -3.76. The molecular formula is C23H24N6O3S3. The minimum Gasteiger partial charge on any atom is -0.317 e. The molecule has 2 atom stereocenters. The molecule has 12 heteroatoms. The number of fused-ring (bicyclic) bond motifs is 2. The van der Waals surface area contributed by atoms with Gasteiger partial charge >= 0.3 is 6.03 Å². The van der Waals surface area contributed by atoms with Crippen LogP contribution in [0.15, 0.2) is 33.6 Å². The summed E-state index contributed by atoms with van der Waals surface area (Å²) in [6.07, 6.45) is 6.90. The standard InChI is InChI=1S/C23H24N6O3S3/c1-2-16-5-6-17-13-21(34-20(17)12-16)35(31,32)27-10-11-28(18(14-27)4-3-8-24)23(30)29-9-7-19-22(26-29)33-15-25-19/h1,5-6,12-13,18-19,25H,3-4,7,9-11,14-15H2. The third-order valence-electron chi connectivity index (χ3n) is 6.46. The number of terminal acetylenes is 1. The highest BCUT2D eigenvalue weighted by Crippen LogP contribution is 2.33. The molecule has 0 aliphatic carbocycles. The number of hydrogen-bond acceptors (Lipinski definition) is 8. The van der Waals surface area contributed by atoms with Gasteiger partial charge in [0.25, 0.3) is 10.0 Å². The van der Waals surface area contributed by atoms with Crippen LogP contribution in [-0.4, -0.2) is 77.8 Å². The van der Waals surface area contributed by atoms with E-state index in [1.165, 1.54) is 20.7 Å². The lowest BCUT2D eigenvalue weighted by molar-refractivity contribution is 0.0970. The molecule has 3 aliphatic rings. The average Bonchev–Trinajstić information content (AvgIpc) is 3.53. The number of thioether (sulfide) groups is 1. The second kappa shape index (κ2) is 9.80. The van der Waals surface area contributed by atoms with Gasteiger partial charge in [0.15, 0.2) is 0 Å². The van der Waals surface area contributed by atoms with E-state index in [9.17, 15) is 13.2 Å². The summed E-state index contributed by atoms with van der Waals surface area (Å²) in [6, 6.07) is 8.81. The average molecular weight is 529 g/mol. The number of urea groups is 1. The molecule has 2 aromatic rings. The number of carbonyl (C=O) groups is 1. The second-order valence-corrected chi connectivity index (χ2v) is 12.8. The molecule has 0 saturated carbocycles. The summed E-state index contributed by atoms with van der Waals surface area (Å²) in [7, 11) is -3.76. The molecule has 1 aromatic heterocycles. The summed E-state index contributed by atoms with van der Waals surface area (Å²) >= 11 is 2.79. The first-order chi connectivity index (χ1) is 16.9. The van der Waals surface area contributed by atoms with E-state index in [0.29, 0.717) is 18.5 Å². The third kappa shape index (κ3) is 4.65. The van der Waals surface area contributed by atoms with Crippen molar-refractivity contribution in [2.24, 2.45) is 5.10 Å². The number of nitriles is 1. The summed E-state index contributed by atoms with van der Waals surface area (Å²) in [5.41, 5.74) is 0.700. The first kappa shape index (κ1) is 24.1. The minimum absolute atomic E-state index is 0.142. The Kier molecular flexibility index (Phi) is 6.75. The lowest BCUT2D eigenvalue weighted by atomic mass is 10.1. The van der Waals surface area contributed by atoms with Crippen molar-refractivity contribution in [1.82, 2.24) is 19.5 Å². The van der Waals surface area contributed by atoms with E-state index < -0.39 is 16.1 Å². The van der Waals surface area contributed by atoms with E-state index in [-0.39, 0.29) is 42.3 Å². The Morgan fingerprint density at radius 1 is 1.29 bits per heavy atom. The lowest BCUT2D eigenvalue weighted by Gasteiger charge is -2.42. The number of nitrogens with one attached hydrogen (secondary N) is 1. The maximum atomic E-state index is 13.5. The molecule has 0 radical (unpaired) electrons. The Hall–Kier alpha value is -2.61. The summed E-state index contributed by atoms with van der Waals surface area (Å²) in [5.74, 6) is 3.36. The molecule has 4 heterocycles. The van der Waals surface area contributed by atoms with Crippen LogP contribution in [0.2, 0.25) is 0 Å². The first-order valence-electron chi connectivity index (χ1n) is 11.3. The van der Waals surface area contributed by atoms with E-state index in [2.05, 4.69) is 22.4 Å². The van der Waals surface area contributed by atoms with E-state index in [1.54, 1.807) is 28.8 Å². The Labute approximate surface area is 212 Å². The summed E-state index contributed by atoms with van der Waals surface area (Å²) < 4.78 is 29.5. The van der Waals surface area contributed by atoms with Crippen molar-refractivity contribution in [1.29, 1.82) is 5.26 Å². The molecule has 1 aromatic carbocycles. The number of rotatable bonds is 4. The van der Waals surface area contributed by atoms with Gasteiger partial charge in [0.1, 0.15) is 9.25 Å². The number of nitrogens with zero attached hydrogens (tertiary/aromatic N) is 5. The van der Waals surface area contributed by atoms with Crippen molar-refractivity contribution in [3.05, 3.63) is 29.8 Å². The number of hydrazone groups is 1. The van der Waals surface area contributed by atoms with Crippen LogP contribution in [0, 0.1) is 23.7 Å². The number of piperazine rings is 1. The molecular weight excluding hydrogens is 504 g/mol. The predicted molar refractivity (Wildman–Crippen MR) is 137 cm³/mol. The Bertz CT molecular complexity index is 1370. The van der Waals surface area contributed by atoms with Gasteiger partial charge in [0, 0.05) is 54.8 Å². The summed E-state index contributed by atoms with van der Waals surface area (Å²) in [4.78, 5) is 15.1. The van der Waals surface area contributed by atoms with Gasteiger partial charge in [-0.25, -0.2) is 18.2 Å². The number of hydrogen-bond donors (Lipinski definition) is 1. The Morgan fingerprint density at radius 3 is 2.94 bits per heavy atom. The summed E-state index contributed by atoms with van der Waals surface area (Å²) in [5, 5.41) is 20.3. The van der Waals surface area contributed by atoms with Gasteiger partial charge in [-0.15, -0.1) is 17.8 Å². The monoisotopic (exact) mass is 528 g/mol. The quantitative estimate of drug-likeness (QED) is 0.611. The SMILES string of the molecule is C#Cc1ccc2cc(S(=O)(=O)N3CCN(C(=O)N4CCC5NCSC5=N4)C(CCC#N)C3)sc2c1. The highest BCUT2D eigenvalue weighted by atomic mass is 32.2. The van der Waals surface area contributed by atoms with Gasteiger partial charge in [0.05, 0.1) is 12.1 Å². The van der Waals surface area contributed by atoms with Gasteiger partial charge in [-0.3, -0.25) is 5.32 Å². The zero-order chi connectivity index (χ0) is 24.6. The normalized spacial score (nSPS) is 23.0. The largest absolute Gasteiger partial charge is 0.340 e. The van der Waals surface area contributed by atoms with Gasteiger partial charge in [0.2, 0.25) is 0 Å². The molecule has 0 spiro atoms. The van der Waals surface area contributed by atoms with Gasteiger partial charge in [-0.05, 0) is 36.4 Å². The number of thiophene rings is 1. The van der Waals surface area contributed by atoms with E-state index >= 15 is 0 Å². The van der Waals surface area contributed by atoms with Crippen molar-refractivity contribution in [3.63, 3.8) is 0 Å². The van der Waals surface area contributed by atoms with Crippen LogP contribution in [0.25, 0.3) is 10.1 Å². The molecule has 182 valence electrons. The van der Waals surface area contributed by atoms with Crippen molar-refractivity contribution in [2.45, 2.75) is 35.6 Å². The molecule has 35 heavy (non-hydrogen) atoms. The van der Waals surface area contributed by atoms with Crippen LogP contribution < -0.4 is 5.32 Å². The molecule has 2 saturated heterocycles. The van der Waals surface area contributed by atoms with Crippen LogP contribution in [0.5, 0.6) is 0 Å². The van der Waals surface area contributed by atoms with Crippen molar-refractivity contribution in [2.75, 3.05) is 32.1 Å². The van der Waals surface area contributed by atoms with Crippen LogP contribution in [0.3, 0.4) is 0 Å². The molecule has 2 unspecified atom stereocenters. The highest BCUT2D eigenvalue weighted by Gasteiger charge is 2.39. The lowest BCUT2D eigenvalue weighted by Crippen LogP contribution is -2.59. The fraction of sp³-hybridized carbons (Fsp3) is 0.435. The third-order valence-corrected chi connectivity index (χ3v) is 10.8. The fourth-order valence-corrected chi connectivity index (χ4v) is 8.61. The zero-order valence-corrected chi connectivity index (χ0v) is 21.3. The van der Waals surface area contributed by atoms with Crippen LogP contribution in [0.4, 0.5) is 4.79 Å². The molecule has 2 amide bonds. The number of carbonyl (C=O) groups excluding carboxylic acids is 1. The van der Waals surface area contributed by atoms with E-state index in [1.807, 2.05) is 12.1 Å². The van der Waals surface area contributed by atoms with Crippen LogP contribution in [-0.2, 0) is 10.0 Å². The zero-order valence-electron chi connectivity index (χ0n) is 18.9. The smallest absolute Gasteiger partial charge is 0.317 e. The molecule has 0 bridgehead atoms. The topological polar surface area (TPSA) is 109 Å². The molecule has 2 fully saturated rings. The van der Waals surface area contributed by atoms with Gasteiger partial charge in [-0.1, -0.05) is 23.7 Å². The van der Waals surface area contributed by atoms with Crippen molar-refractivity contribution in [3.8, 4) is 18.4 Å². The maximum Gasteiger partial charge on any atom is 0.340 e. The number of sulfonamides is 1. The van der Waals surface area contributed by atoms with Gasteiger partial charge in [-0.2, -0.15) is 14.7 Å². The van der Waals surface area contributed by atoms with Crippen molar-refractivity contribution < 1.29 is 13.2 Å². The highest BCUT2D eigenvalue weighted by molar-refractivity contribution is 8.14. The van der Waals surface area contributed by atoms with E-state index in [4.69, 9.17) is 11.7 Å². The van der Waals surface area contributed by atoms with Crippen molar-refractivity contribution >= 4 is 54.3 Å². The second-order valence-electron chi connectivity index (χ2n) is 8.55. The van der Waals surface area contributed by atoms with E-state index in [0.717, 1.165) is 27.4 Å². The molecule has 1 N–H and O–H groups in total. The Morgan fingerprint density at radius 2 is 2.14 bits per heavy atom. The Balaban J connectivity index is 1.36. The number of amides is 2. The predicted octanol–water partition coefficient (Wildman–Crippen LogP) is 2.66. The molecule has 9 nitrogen and oxygen atoms in total. The molecule has 5 rings (SSSR count).